The molecule has 0 N–H and O–H groups in total. The Balaban J connectivity index is 1.25. The zero-order valence-corrected chi connectivity index (χ0v) is 21.1. The third-order valence-electron chi connectivity index (χ3n) is 6.77. The van der Waals surface area contributed by atoms with Crippen molar-refractivity contribution < 1.29 is 13.2 Å². The van der Waals surface area contributed by atoms with Crippen molar-refractivity contribution in [2.75, 3.05) is 31.1 Å². The molecular weight excluding hydrogens is 470 g/mol. The van der Waals surface area contributed by atoms with Crippen molar-refractivity contribution in [3.05, 3.63) is 102 Å². The lowest BCUT2D eigenvalue weighted by molar-refractivity contribution is 0.0746. The number of rotatable bonds is 6. The molecule has 184 valence electrons. The molecule has 0 bridgehead atoms. The molecule has 1 fully saturated rings. The first-order valence-corrected chi connectivity index (χ1v) is 13.9. The highest BCUT2D eigenvalue weighted by Crippen LogP contribution is 2.25. The van der Waals surface area contributed by atoms with E-state index < -0.39 is 9.84 Å². The minimum atomic E-state index is -3.60. The van der Waals surface area contributed by atoms with Gasteiger partial charge in [-0.15, -0.1) is 0 Å². The molecule has 0 unspecified atom stereocenters. The fourth-order valence-electron chi connectivity index (χ4n) is 4.82. The zero-order chi connectivity index (χ0) is 25.1. The number of benzene rings is 3. The Kier molecular flexibility index (Phi) is 6.74. The highest BCUT2D eigenvalue weighted by atomic mass is 32.2. The Morgan fingerprint density at radius 3 is 2.33 bits per heavy atom. The van der Waals surface area contributed by atoms with Crippen LogP contribution in [0.1, 0.15) is 28.4 Å². The van der Waals surface area contributed by atoms with Crippen molar-refractivity contribution in [1.82, 2.24) is 9.88 Å². The van der Waals surface area contributed by atoms with Crippen LogP contribution in [-0.4, -0.2) is 50.4 Å². The maximum absolute atomic E-state index is 13.2. The third-order valence-corrected chi connectivity index (χ3v) is 8.48. The highest BCUT2D eigenvalue weighted by molar-refractivity contribution is 7.90. The van der Waals surface area contributed by atoms with Gasteiger partial charge in [0.15, 0.2) is 9.84 Å². The first kappa shape index (κ1) is 24.0. The SMILES string of the molecule is CCc1ccccc1N1CCN(C(=O)c2ccc(CS(=O)(=O)c3cccc4cccnc34)cc2)CC1. The molecule has 1 saturated heterocycles. The van der Waals surface area contributed by atoms with Crippen LogP contribution in [-0.2, 0) is 22.0 Å². The van der Waals surface area contributed by atoms with Gasteiger partial charge in [-0.3, -0.25) is 9.78 Å². The lowest BCUT2D eigenvalue weighted by atomic mass is 10.1. The van der Waals surface area contributed by atoms with E-state index in [1.807, 2.05) is 17.0 Å². The fourth-order valence-corrected chi connectivity index (χ4v) is 6.36. The molecule has 0 spiro atoms. The molecule has 5 rings (SSSR count). The molecule has 6 nitrogen and oxygen atoms in total. The van der Waals surface area contributed by atoms with Gasteiger partial charge in [0, 0.05) is 49.0 Å². The Morgan fingerprint density at radius 2 is 1.58 bits per heavy atom. The van der Waals surface area contributed by atoms with Gasteiger partial charge in [0.05, 0.1) is 16.2 Å². The number of anilines is 1. The summed E-state index contributed by atoms with van der Waals surface area (Å²) in [5.74, 6) is -0.168. The molecule has 0 radical (unpaired) electrons. The molecular formula is C29H29N3O3S. The fraction of sp³-hybridized carbons (Fsp3) is 0.241. The average Bonchev–Trinajstić information content (AvgIpc) is 2.92. The molecule has 0 aliphatic carbocycles. The van der Waals surface area contributed by atoms with E-state index in [1.54, 1.807) is 48.7 Å². The minimum absolute atomic E-state index is 0.0221. The number of amides is 1. The number of sulfone groups is 1. The van der Waals surface area contributed by atoms with Gasteiger partial charge < -0.3 is 9.80 Å². The van der Waals surface area contributed by atoms with E-state index in [1.165, 1.54) is 11.3 Å². The van der Waals surface area contributed by atoms with E-state index in [2.05, 4.69) is 41.1 Å². The van der Waals surface area contributed by atoms with E-state index >= 15 is 0 Å². The van der Waals surface area contributed by atoms with Gasteiger partial charge in [-0.05, 0) is 47.9 Å². The van der Waals surface area contributed by atoms with Crippen LogP contribution in [0.5, 0.6) is 0 Å². The van der Waals surface area contributed by atoms with E-state index in [0.29, 0.717) is 29.7 Å². The Morgan fingerprint density at radius 1 is 0.861 bits per heavy atom. The Hall–Kier alpha value is -3.71. The van der Waals surface area contributed by atoms with Crippen LogP contribution < -0.4 is 4.90 Å². The maximum atomic E-state index is 13.2. The van der Waals surface area contributed by atoms with Crippen molar-refractivity contribution in [3.8, 4) is 0 Å². The predicted octanol–water partition coefficient (Wildman–Crippen LogP) is 4.73. The maximum Gasteiger partial charge on any atom is 0.253 e. The van der Waals surface area contributed by atoms with Gasteiger partial charge in [0.2, 0.25) is 0 Å². The number of para-hydroxylation sites is 2. The van der Waals surface area contributed by atoms with E-state index in [0.717, 1.165) is 24.9 Å². The largest absolute Gasteiger partial charge is 0.368 e. The quantitative estimate of drug-likeness (QED) is 0.384. The van der Waals surface area contributed by atoms with Crippen LogP contribution in [0.15, 0.2) is 90.0 Å². The first-order valence-electron chi connectivity index (χ1n) is 12.2. The molecule has 1 aliphatic rings. The molecule has 0 saturated carbocycles. The zero-order valence-electron chi connectivity index (χ0n) is 20.3. The number of aromatic nitrogens is 1. The van der Waals surface area contributed by atoms with Gasteiger partial charge >= 0.3 is 0 Å². The standard InChI is InChI=1S/C29H29N3O3S/c1-2-23-7-3-4-10-26(23)31-17-19-32(20-18-31)29(33)25-14-12-22(13-15-25)21-36(34,35)27-11-5-8-24-9-6-16-30-28(24)27/h3-16H,2,17-21H2,1H3. The summed E-state index contributed by atoms with van der Waals surface area (Å²) in [7, 11) is -3.60. The molecule has 2 heterocycles. The second kappa shape index (κ2) is 10.1. The molecule has 4 aromatic rings. The second-order valence-electron chi connectivity index (χ2n) is 9.05. The monoisotopic (exact) mass is 499 g/mol. The lowest BCUT2D eigenvalue weighted by Gasteiger charge is -2.37. The van der Waals surface area contributed by atoms with Crippen LogP contribution in [0, 0.1) is 0 Å². The summed E-state index contributed by atoms with van der Waals surface area (Å²) in [5.41, 5.74) is 4.26. The lowest BCUT2D eigenvalue weighted by Crippen LogP contribution is -2.49. The van der Waals surface area contributed by atoms with Crippen LogP contribution in [0.25, 0.3) is 10.9 Å². The topological polar surface area (TPSA) is 70.6 Å². The Labute approximate surface area is 212 Å². The van der Waals surface area contributed by atoms with Gasteiger partial charge in [-0.1, -0.05) is 55.5 Å². The second-order valence-corrected chi connectivity index (χ2v) is 11.0. The van der Waals surface area contributed by atoms with Crippen LogP contribution in [0.4, 0.5) is 5.69 Å². The summed E-state index contributed by atoms with van der Waals surface area (Å²) in [5, 5.41) is 0.790. The number of fused-ring (bicyclic) bond motifs is 1. The summed E-state index contributed by atoms with van der Waals surface area (Å²) in [4.78, 5) is 21.8. The van der Waals surface area contributed by atoms with Gasteiger partial charge in [-0.2, -0.15) is 0 Å². The third kappa shape index (κ3) is 4.84. The number of piperazine rings is 1. The molecule has 7 heteroatoms. The van der Waals surface area contributed by atoms with Gasteiger partial charge in [0.1, 0.15) is 0 Å². The number of nitrogens with zero attached hydrogens (tertiary/aromatic N) is 3. The van der Waals surface area contributed by atoms with Crippen molar-refractivity contribution in [3.63, 3.8) is 0 Å². The van der Waals surface area contributed by atoms with Gasteiger partial charge in [-0.25, -0.2) is 8.42 Å². The van der Waals surface area contributed by atoms with Crippen LogP contribution in [0.3, 0.4) is 0 Å². The van der Waals surface area contributed by atoms with Crippen molar-refractivity contribution in [2.45, 2.75) is 24.0 Å². The number of pyridine rings is 1. The number of aryl methyl sites for hydroxylation is 1. The smallest absolute Gasteiger partial charge is 0.253 e. The molecule has 36 heavy (non-hydrogen) atoms. The molecule has 1 aliphatic heterocycles. The number of carbonyl (C=O) groups is 1. The number of hydrogen-bond acceptors (Lipinski definition) is 5. The minimum Gasteiger partial charge on any atom is -0.368 e. The summed E-state index contributed by atoms with van der Waals surface area (Å²) in [6.45, 7) is 5.05. The molecule has 3 aromatic carbocycles. The summed E-state index contributed by atoms with van der Waals surface area (Å²) in [6.07, 6.45) is 2.58. The van der Waals surface area contributed by atoms with E-state index in [-0.39, 0.29) is 16.6 Å². The highest BCUT2D eigenvalue weighted by Gasteiger charge is 2.24. The molecule has 1 aromatic heterocycles. The van der Waals surface area contributed by atoms with E-state index in [9.17, 15) is 13.2 Å². The molecule has 0 atom stereocenters. The van der Waals surface area contributed by atoms with Crippen molar-refractivity contribution >= 4 is 32.3 Å². The van der Waals surface area contributed by atoms with Crippen LogP contribution in [0.2, 0.25) is 0 Å². The first-order chi connectivity index (χ1) is 17.5. The Bertz CT molecular complexity index is 1490. The summed E-state index contributed by atoms with van der Waals surface area (Å²) >= 11 is 0. The van der Waals surface area contributed by atoms with E-state index in [4.69, 9.17) is 0 Å². The van der Waals surface area contributed by atoms with Gasteiger partial charge in [0.25, 0.3) is 5.91 Å². The predicted molar refractivity (Wildman–Crippen MR) is 143 cm³/mol. The van der Waals surface area contributed by atoms with Crippen molar-refractivity contribution in [2.24, 2.45) is 0 Å². The summed E-state index contributed by atoms with van der Waals surface area (Å²) in [6, 6.07) is 24.2. The number of carbonyl (C=O) groups excluding carboxylic acids is 1. The van der Waals surface area contributed by atoms with Crippen LogP contribution >= 0.6 is 0 Å². The molecule has 1 amide bonds. The summed E-state index contributed by atoms with van der Waals surface area (Å²) < 4.78 is 26.3. The average molecular weight is 500 g/mol. The van der Waals surface area contributed by atoms with Crippen molar-refractivity contribution in [1.29, 1.82) is 0 Å². The normalized spacial score (nSPS) is 14.2. The number of hydrogen-bond donors (Lipinski definition) is 0.